The first-order valence-electron chi connectivity index (χ1n) is 38.3. The summed E-state index contributed by atoms with van der Waals surface area (Å²) in [4.78, 5) is 0. The van der Waals surface area contributed by atoms with Gasteiger partial charge in [-0.25, -0.2) is 0 Å². The van der Waals surface area contributed by atoms with Gasteiger partial charge in [0.2, 0.25) is 0 Å². The Morgan fingerprint density at radius 2 is 0.589 bits per heavy atom. The smallest absolute Gasteiger partial charge is 0.160 e. The van der Waals surface area contributed by atoms with Gasteiger partial charge < -0.3 is 35.8 Å². The maximum absolute atomic E-state index is 7.15. The summed E-state index contributed by atoms with van der Waals surface area (Å²) in [5.74, 6) is 0. The molecule has 112 heavy (non-hydrogen) atoms. The predicted molar refractivity (Wildman–Crippen MR) is 461 cm³/mol. The molecule has 0 N–H and O–H groups in total. The maximum atomic E-state index is 7.15. The Balaban J connectivity index is 0.590. The van der Waals surface area contributed by atoms with Crippen molar-refractivity contribution in [2.75, 3.05) is 0 Å². The van der Waals surface area contributed by atoms with E-state index in [-0.39, 0.29) is 0 Å². The average Bonchev–Trinajstić information content (AvgIpc) is 1.53. The molecule has 8 nitrogen and oxygen atoms in total. The highest BCUT2D eigenvalue weighted by atomic mass is 16.3. The van der Waals surface area contributed by atoms with Gasteiger partial charge in [-0.05, 0) is 206 Å². The zero-order valence-electron chi connectivity index (χ0n) is 59.5. The molecule has 0 aliphatic heterocycles. The fourth-order valence-corrected chi connectivity index (χ4v) is 20.7. The molecule has 0 spiro atoms. The summed E-state index contributed by atoms with van der Waals surface area (Å²) in [6, 6.07) is 118. The van der Waals surface area contributed by atoms with Crippen molar-refractivity contribution in [2.45, 2.75) is 0 Å². The Kier molecular flexibility index (Phi) is 10.7. The lowest BCUT2D eigenvalue weighted by Gasteiger charge is -2.13. The molecular weight excluding hydrogens is 1370 g/mol. The average molecular weight is 1420 g/mol. The number of nitrogens with zero attached hydrogens (tertiary/aromatic N) is 3. The van der Waals surface area contributed by atoms with Crippen LogP contribution in [0.2, 0.25) is 0 Å². The van der Waals surface area contributed by atoms with Gasteiger partial charge in [0.1, 0.15) is 50.2 Å². The van der Waals surface area contributed by atoms with Crippen LogP contribution in [0.25, 0.3) is 280 Å². The van der Waals surface area contributed by atoms with Gasteiger partial charge in [-0.2, -0.15) is 0 Å². The molecule has 0 saturated carbocycles. The second-order valence-corrected chi connectivity index (χ2v) is 30.7. The highest BCUT2D eigenvalue weighted by Gasteiger charge is 2.32. The van der Waals surface area contributed by atoms with Gasteiger partial charge >= 0.3 is 0 Å². The van der Waals surface area contributed by atoms with Crippen LogP contribution in [0.5, 0.6) is 0 Å². The number of hydrogen-bond acceptors (Lipinski definition) is 5. The zero-order chi connectivity index (χ0) is 72.2. The summed E-state index contributed by atoms with van der Waals surface area (Å²) >= 11 is 0. The molecule has 0 unspecified atom stereocenters. The number of furan rings is 5. The number of benzene rings is 18. The molecule has 0 amide bonds. The molecule has 26 aromatic rings. The fourth-order valence-electron chi connectivity index (χ4n) is 20.7. The van der Waals surface area contributed by atoms with Crippen LogP contribution in [0.4, 0.5) is 0 Å². The lowest BCUT2D eigenvalue weighted by molar-refractivity contribution is 0.666. The molecule has 0 saturated heterocycles. The summed E-state index contributed by atoms with van der Waals surface area (Å²) < 4.78 is 41.7. The van der Waals surface area contributed by atoms with E-state index in [4.69, 9.17) is 22.1 Å². The van der Waals surface area contributed by atoms with Crippen molar-refractivity contribution < 1.29 is 22.1 Å². The van der Waals surface area contributed by atoms with Crippen molar-refractivity contribution in [2.24, 2.45) is 0 Å². The van der Waals surface area contributed by atoms with Crippen LogP contribution in [-0.4, -0.2) is 13.7 Å². The van der Waals surface area contributed by atoms with Gasteiger partial charge in [-0.3, -0.25) is 0 Å². The van der Waals surface area contributed by atoms with Gasteiger partial charge in [0.05, 0.1) is 38.8 Å². The van der Waals surface area contributed by atoms with Crippen LogP contribution in [0.15, 0.2) is 344 Å². The molecule has 0 fully saturated rings. The molecule has 18 aromatic carbocycles. The van der Waals surface area contributed by atoms with Crippen molar-refractivity contribution in [1.29, 1.82) is 0 Å². The van der Waals surface area contributed by atoms with Gasteiger partial charge in [0, 0.05) is 119 Å². The summed E-state index contributed by atoms with van der Waals surface area (Å²) in [7, 11) is 0. The van der Waals surface area contributed by atoms with E-state index in [1.165, 1.54) is 43.3 Å². The van der Waals surface area contributed by atoms with Crippen molar-refractivity contribution in [1.82, 2.24) is 13.7 Å². The van der Waals surface area contributed by atoms with E-state index in [1.54, 1.807) is 0 Å². The molecular formula is C104H53N3O5. The summed E-state index contributed by atoms with van der Waals surface area (Å²) in [5, 5.41) is 22.9. The number of aromatic nitrogens is 3. The van der Waals surface area contributed by atoms with Crippen LogP contribution in [0.3, 0.4) is 0 Å². The van der Waals surface area contributed by atoms with E-state index in [0.29, 0.717) is 0 Å². The minimum Gasteiger partial charge on any atom is -0.456 e. The minimum absolute atomic E-state index is 0.824. The van der Waals surface area contributed by atoms with E-state index < -0.39 is 0 Å². The Morgan fingerprint density at radius 3 is 1.22 bits per heavy atom. The Morgan fingerprint density at radius 1 is 0.179 bits per heavy atom. The molecule has 2 aliphatic carbocycles. The summed E-state index contributed by atoms with van der Waals surface area (Å²) in [5.41, 5.74) is 32.2. The highest BCUT2D eigenvalue weighted by Crippen LogP contribution is 2.56. The zero-order valence-corrected chi connectivity index (χ0v) is 59.5. The van der Waals surface area contributed by atoms with Crippen LogP contribution < -0.4 is 0 Å². The molecule has 0 atom stereocenters. The van der Waals surface area contributed by atoms with Crippen molar-refractivity contribution in [3.8, 4) is 83.8 Å². The molecule has 28 rings (SSSR count). The topological polar surface area (TPSA) is 80.5 Å². The second kappa shape index (κ2) is 20.6. The van der Waals surface area contributed by atoms with E-state index in [0.717, 1.165) is 237 Å². The van der Waals surface area contributed by atoms with Gasteiger partial charge in [-0.1, -0.05) is 182 Å². The molecule has 8 heterocycles. The number of rotatable bonds is 7. The van der Waals surface area contributed by atoms with Crippen LogP contribution in [-0.2, 0) is 0 Å². The third kappa shape index (κ3) is 7.28. The first-order valence-corrected chi connectivity index (χ1v) is 38.3. The molecule has 8 aromatic heterocycles. The largest absolute Gasteiger partial charge is 0.456 e. The molecule has 8 heteroatoms. The molecule has 2 aliphatic rings. The summed E-state index contributed by atoms with van der Waals surface area (Å²) in [6.45, 7) is 0. The Hall–Kier alpha value is -15.1. The number of hydrogen-bond donors (Lipinski definition) is 0. The van der Waals surface area contributed by atoms with Crippen LogP contribution in [0, 0.1) is 0 Å². The SMILES string of the molecule is c1ccc(-n2c3ccc(-c4ccc5c(c4)c4ccccc4n5-c4cc5ccc6oc7cccc8c7c6c5c5c4oc4cccc-8c45)cc3c3ccc(-c4ccc5c(c4)c4cccc(-c6cccc7oc8ccc(-c9cc%10ccc%11oc%12cccc%13c%12c%11c%10c%10c9oc9cccc-%13c9%10)cc8c67)c4n5-c4ccccc4)cc32)cc1. The third-order valence-electron chi connectivity index (χ3n) is 25.2. The Labute approximate surface area is 633 Å². The van der Waals surface area contributed by atoms with Gasteiger partial charge in [0.25, 0.3) is 0 Å². The highest BCUT2D eigenvalue weighted by molar-refractivity contribution is 6.40. The minimum atomic E-state index is 0.824. The quantitative estimate of drug-likeness (QED) is 0.159. The first kappa shape index (κ1) is 58.0. The van der Waals surface area contributed by atoms with Crippen molar-refractivity contribution in [3.05, 3.63) is 322 Å². The van der Waals surface area contributed by atoms with Gasteiger partial charge in [0.15, 0.2) is 5.58 Å². The Bertz CT molecular complexity index is 8890. The fraction of sp³-hybridized carbons (Fsp3) is 0. The first-order chi connectivity index (χ1) is 55.5. The van der Waals surface area contributed by atoms with Gasteiger partial charge in [-0.15, -0.1) is 0 Å². The standard InChI is InChI=1S/C104H53N3O5/c1-3-15-61(16-4-1)105-78-41-34-54(55-36-43-80-73(47-55)63-19-7-8-27-77(63)107(80)82-53-60-39-46-90-99-92(60)101-97-68(23-13-32-88(97)112-104(82)101)66-21-11-30-86(110-90)95(66)99)48-74(78)64-40-33-57(52-81(64)105)56-35-42-79-75(49-56)71-26-9-25-70(102(71)106(79)62-17-5-2-6-18-62)69-24-14-28-84-93(69)76-50-58(37-44-83(76)108-84)72-51-59-38-45-89-98-91(59)100-96-67(22-12-31-87(96)111-103(72)100)65-20-10-29-85(109-89)94(65)98/h1-53H. The number of fused-ring (bicyclic) bond motifs is 14. The van der Waals surface area contributed by atoms with E-state index in [9.17, 15) is 0 Å². The van der Waals surface area contributed by atoms with Crippen molar-refractivity contribution >= 4 is 197 Å². The molecule has 0 radical (unpaired) electrons. The lowest BCUT2D eigenvalue weighted by atomic mass is 9.93. The van der Waals surface area contributed by atoms with Crippen molar-refractivity contribution in [3.63, 3.8) is 0 Å². The third-order valence-corrected chi connectivity index (χ3v) is 25.2. The predicted octanol–water partition coefficient (Wildman–Crippen LogP) is 29.4. The lowest BCUT2D eigenvalue weighted by Crippen LogP contribution is -1.95. The van der Waals surface area contributed by atoms with E-state index in [2.05, 4.69) is 335 Å². The summed E-state index contributed by atoms with van der Waals surface area (Å²) in [6.07, 6.45) is 0. The normalized spacial score (nSPS) is 12.8. The van der Waals surface area contributed by atoms with Crippen LogP contribution in [0.1, 0.15) is 0 Å². The molecule has 0 bridgehead atoms. The van der Waals surface area contributed by atoms with E-state index in [1.807, 2.05) is 0 Å². The number of para-hydroxylation sites is 4. The monoisotopic (exact) mass is 1420 g/mol. The molecule has 514 valence electrons. The van der Waals surface area contributed by atoms with Crippen LogP contribution >= 0.6 is 0 Å². The maximum Gasteiger partial charge on any atom is 0.160 e. The van der Waals surface area contributed by atoms with E-state index >= 15 is 0 Å². The second-order valence-electron chi connectivity index (χ2n) is 30.7.